The normalized spacial score (nSPS) is 10.5. The lowest BCUT2D eigenvalue weighted by atomic mass is 10.1. The summed E-state index contributed by atoms with van der Waals surface area (Å²) in [6.07, 6.45) is 0. The van der Waals surface area contributed by atoms with Gasteiger partial charge in [-0.15, -0.1) is 0 Å². The van der Waals surface area contributed by atoms with Gasteiger partial charge in [-0.3, -0.25) is 10.1 Å². The van der Waals surface area contributed by atoms with Crippen LogP contribution in [-0.4, -0.2) is 21.4 Å². The van der Waals surface area contributed by atoms with Gasteiger partial charge in [-0.25, -0.2) is 4.98 Å². The molecule has 0 aliphatic carbocycles. The maximum atomic E-state index is 11.3. The molecule has 0 amide bonds. The van der Waals surface area contributed by atoms with Crippen LogP contribution < -0.4 is 4.90 Å². The van der Waals surface area contributed by atoms with E-state index in [-0.39, 0.29) is 22.5 Å². The first-order valence-corrected chi connectivity index (χ1v) is 6.85. The predicted molar refractivity (Wildman–Crippen MR) is 82.3 cm³/mol. The van der Waals surface area contributed by atoms with Gasteiger partial charge in [0.2, 0.25) is 11.1 Å². The fraction of sp³-hybridized carbons (Fsp3) is 0.286. The lowest BCUT2D eigenvalue weighted by Gasteiger charge is -2.23. The van der Waals surface area contributed by atoms with Gasteiger partial charge in [-0.05, 0) is 44.0 Å². The third kappa shape index (κ3) is 2.95. The molecule has 1 aromatic heterocycles. The van der Waals surface area contributed by atoms with E-state index in [2.05, 4.69) is 9.97 Å². The van der Waals surface area contributed by atoms with Crippen molar-refractivity contribution in [1.82, 2.24) is 9.97 Å². The second kappa shape index (κ2) is 6.05. The Kier molecular flexibility index (Phi) is 4.37. The fourth-order valence-corrected chi connectivity index (χ4v) is 2.43. The van der Waals surface area contributed by atoms with E-state index in [9.17, 15) is 10.1 Å². The molecule has 2 rings (SSSR count). The highest BCUT2D eigenvalue weighted by Gasteiger charge is 2.26. The lowest BCUT2D eigenvalue weighted by Crippen LogP contribution is -2.20. The van der Waals surface area contributed by atoms with Crippen molar-refractivity contribution >= 4 is 28.8 Å². The van der Waals surface area contributed by atoms with Crippen molar-refractivity contribution < 1.29 is 4.92 Å². The largest absolute Gasteiger partial charge is 0.333 e. The molecule has 21 heavy (non-hydrogen) atoms. The van der Waals surface area contributed by atoms with Crippen molar-refractivity contribution in [3.63, 3.8) is 0 Å². The van der Waals surface area contributed by atoms with Crippen molar-refractivity contribution in [2.75, 3.05) is 11.4 Å². The molecule has 1 heterocycles. The molecule has 0 aliphatic rings. The molecular formula is C14H15ClN4O2. The van der Waals surface area contributed by atoms with E-state index in [4.69, 9.17) is 11.6 Å². The number of aryl methyl sites for hydroxylation is 2. The summed E-state index contributed by atoms with van der Waals surface area (Å²) in [5.41, 5.74) is 1.99. The van der Waals surface area contributed by atoms with Crippen LogP contribution in [0.2, 0.25) is 5.28 Å². The monoisotopic (exact) mass is 306 g/mol. The maximum Gasteiger partial charge on any atom is 0.333 e. The average molecular weight is 307 g/mol. The van der Waals surface area contributed by atoms with Crippen LogP contribution in [0.15, 0.2) is 24.3 Å². The highest BCUT2D eigenvalue weighted by molar-refractivity contribution is 6.28. The summed E-state index contributed by atoms with van der Waals surface area (Å²) in [6, 6.07) is 7.64. The molecule has 0 unspecified atom stereocenters. The second-order valence-electron chi connectivity index (χ2n) is 4.54. The summed E-state index contributed by atoms with van der Waals surface area (Å²) in [4.78, 5) is 20.6. The number of hydrogen-bond acceptors (Lipinski definition) is 5. The molecule has 0 bridgehead atoms. The number of anilines is 2. The standard InChI is InChI=1S/C14H15ClN4O2/c1-4-18(11-8-6-5-7-9(11)2)13-12(19(20)21)10(3)16-14(15)17-13/h5-8H,4H2,1-3H3. The van der Waals surface area contributed by atoms with Crippen LogP contribution in [0.25, 0.3) is 0 Å². The summed E-state index contributed by atoms with van der Waals surface area (Å²) in [5, 5.41) is 11.3. The molecule has 0 atom stereocenters. The molecule has 110 valence electrons. The summed E-state index contributed by atoms with van der Waals surface area (Å²) in [5.74, 6) is 0.217. The van der Waals surface area contributed by atoms with Crippen LogP contribution >= 0.6 is 11.6 Å². The lowest BCUT2D eigenvalue weighted by molar-refractivity contribution is -0.385. The van der Waals surface area contributed by atoms with Gasteiger partial charge < -0.3 is 4.90 Å². The summed E-state index contributed by atoms with van der Waals surface area (Å²) >= 11 is 5.88. The smallest absolute Gasteiger partial charge is 0.321 e. The van der Waals surface area contributed by atoms with E-state index in [0.29, 0.717) is 6.54 Å². The summed E-state index contributed by atoms with van der Waals surface area (Å²) in [7, 11) is 0. The van der Waals surface area contributed by atoms with E-state index in [0.717, 1.165) is 11.3 Å². The minimum atomic E-state index is -0.470. The third-order valence-electron chi connectivity index (χ3n) is 3.17. The molecule has 0 N–H and O–H groups in total. The Labute approximate surface area is 127 Å². The van der Waals surface area contributed by atoms with Crippen molar-refractivity contribution in [3.8, 4) is 0 Å². The van der Waals surface area contributed by atoms with Crippen LogP contribution in [0.3, 0.4) is 0 Å². The molecule has 0 spiro atoms. The van der Waals surface area contributed by atoms with Crippen LogP contribution in [0.4, 0.5) is 17.2 Å². The van der Waals surface area contributed by atoms with E-state index in [1.165, 1.54) is 0 Å². The quantitative estimate of drug-likeness (QED) is 0.488. The van der Waals surface area contributed by atoms with E-state index in [1.54, 1.807) is 11.8 Å². The van der Waals surface area contributed by atoms with Crippen molar-refractivity contribution in [1.29, 1.82) is 0 Å². The van der Waals surface area contributed by atoms with Crippen LogP contribution in [0.5, 0.6) is 0 Å². The van der Waals surface area contributed by atoms with Gasteiger partial charge in [-0.1, -0.05) is 18.2 Å². The Balaban J connectivity index is 2.68. The van der Waals surface area contributed by atoms with Gasteiger partial charge in [-0.2, -0.15) is 4.98 Å². The molecule has 0 radical (unpaired) electrons. The summed E-state index contributed by atoms with van der Waals surface area (Å²) < 4.78 is 0. The number of benzene rings is 1. The predicted octanol–water partition coefficient (Wildman–Crippen LogP) is 3.81. The molecule has 0 aliphatic heterocycles. The number of halogens is 1. The molecule has 0 fully saturated rings. The van der Waals surface area contributed by atoms with Crippen LogP contribution in [0.1, 0.15) is 18.2 Å². The highest BCUT2D eigenvalue weighted by Crippen LogP contribution is 2.35. The molecule has 1 aromatic carbocycles. The number of hydrogen-bond donors (Lipinski definition) is 0. The van der Waals surface area contributed by atoms with E-state index in [1.807, 2.05) is 38.1 Å². The van der Waals surface area contributed by atoms with Crippen LogP contribution in [-0.2, 0) is 0 Å². The fourth-order valence-electron chi connectivity index (χ4n) is 2.22. The van der Waals surface area contributed by atoms with Gasteiger partial charge in [0.1, 0.15) is 5.69 Å². The number of rotatable bonds is 4. The Hall–Kier alpha value is -2.21. The highest BCUT2D eigenvalue weighted by atomic mass is 35.5. The van der Waals surface area contributed by atoms with Gasteiger partial charge in [0, 0.05) is 12.2 Å². The van der Waals surface area contributed by atoms with E-state index >= 15 is 0 Å². The number of nitrogens with zero attached hydrogens (tertiary/aromatic N) is 4. The van der Waals surface area contributed by atoms with Crippen LogP contribution in [0, 0.1) is 24.0 Å². The van der Waals surface area contributed by atoms with Crippen molar-refractivity contribution in [2.45, 2.75) is 20.8 Å². The van der Waals surface area contributed by atoms with Gasteiger partial charge in [0.05, 0.1) is 4.92 Å². The van der Waals surface area contributed by atoms with Crippen molar-refractivity contribution in [3.05, 3.63) is 50.9 Å². The molecule has 0 saturated carbocycles. The molecule has 7 heteroatoms. The number of nitro groups is 1. The first-order chi connectivity index (χ1) is 9.95. The van der Waals surface area contributed by atoms with Gasteiger partial charge >= 0.3 is 5.69 Å². The zero-order chi connectivity index (χ0) is 15.6. The minimum absolute atomic E-state index is 0.000124. The zero-order valence-corrected chi connectivity index (χ0v) is 12.8. The Bertz CT molecular complexity index is 691. The average Bonchev–Trinajstić information content (AvgIpc) is 2.40. The molecular weight excluding hydrogens is 292 g/mol. The van der Waals surface area contributed by atoms with Gasteiger partial charge in [0.15, 0.2) is 0 Å². The SMILES string of the molecule is CCN(c1ccccc1C)c1nc(Cl)nc(C)c1[N+](=O)[O-]. The molecule has 6 nitrogen and oxygen atoms in total. The second-order valence-corrected chi connectivity index (χ2v) is 4.88. The first kappa shape index (κ1) is 15.2. The Morgan fingerprint density at radius 1 is 1.29 bits per heavy atom. The zero-order valence-electron chi connectivity index (χ0n) is 12.0. The summed E-state index contributed by atoms with van der Waals surface area (Å²) in [6.45, 7) is 5.93. The Morgan fingerprint density at radius 3 is 2.52 bits per heavy atom. The third-order valence-corrected chi connectivity index (χ3v) is 3.34. The number of aromatic nitrogens is 2. The maximum absolute atomic E-state index is 11.3. The minimum Gasteiger partial charge on any atom is -0.321 e. The van der Waals surface area contributed by atoms with Gasteiger partial charge in [0.25, 0.3) is 0 Å². The molecule has 2 aromatic rings. The van der Waals surface area contributed by atoms with E-state index < -0.39 is 4.92 Å². The topological polar surface area (TPSA) is 72.2 Å². The molecule has 0 saturated heterocycles. The first-order valence-electron chi connectivity index (χ1n) is 6.47. The number of para-hydroxylation sites is 1. The Morgan fingerprint density at radius 2 is 1.95 bits per heavy atom. The van der Waals surface area contributed by atoms with Crippen molar-refractivity contribution in [2.24, 2.45) is 0 Å².